The molecule has 0 aliphatic carbocycles. The van der Waals surface area contributed by atoms with Crippen LogP contribution in [0.2, 0.25) is 0 Å². The third-order valence-electron chi connectivity index (χ3n) is 3.89. The number of allylic oxidation sites excluding steroid dienone is 1. The summed E-state index contributed by atoms with van der Waals surface area (Å²) in [5.74, 6) is 2.09. The zero-order valence-corrected chi connectivity index (χ0v) is 14.4. The SMILES string of the molecule is COc1ccc(C=C2Oc3c(OC)c(OC)cc(OC)c3C2=O)cc1. The smallest absolute Gasteiger partial charge is 0.235 e. The zero-order chi connectivity index (χ0) is 18.0. The number of ketones is 1. The average Bonchev–Trinajstić information content (AvgIpc) is 2.97. The Kier molecular flexibility index (Phi) is 4.52. The van der Waals surface area contributed by atoms with Crippen molar-refractivity contribution in [2.24, 2.45) is 0 Å². The topological polar surface area (TPSA) is 63.2 Å². The Balaban J connectivity index is 2.06. The van der Waals surface area contributed by atoms with Crippen LogP contribution in [0.3, 0.4) is 0 Å². The summed E-state index contributed by atoms with van der Waals surface area (Å²) in [5.41, 5.74) is 1.13. The number of ether oxygens (including phenoxy) is 5. The Bertz CT molecular complexity index is 836. The molecular formula is C19H18O6. The molecule has 0 saturated heterocycles. The van der Waals surface area contributed by atoms with Gasteiger partial charge in [-0.25, -0.2) is 0 Å². The van der Waals surface area contributed by atoms with Crippen molar-refractivity contribution in [3.63, 3.8) is 0 Å². The minimum absolute atomic E-state index is 0.185. The summed E-state index contributed by atoms with van der Waals surface area (Å²) in [7, 11) is 6.08. The van der Waals surface area contributed by atoms with Crippen LogP contribution in [-0.4, -0.2) is 34.2 Å². The highest BCUT2D eigenvalue weighted by atomic mass is 16.5. The van der Waals surface area contributed by atoms with Gasteiger partial charge in [-0.3, -0.25) is 4.79 Å². The van der Waals surface area contributed by atoms with Crippen LogP contribution in [0.4, 0.5) is 0 Å². The summed E-state index contributed by atoms with van der Waals surface area (Å²) < 4.78 is 26.9. The lowest BCUT2D eigenvalue weighted by Crippen LogP contribution is -2.00. The Morgan fingerprint density at radius 3 is 2.12 bits per heavy atom. The van der Waals surface area contributed by atoms with E-state index in [4.69, 9.17) is 23.7 Å². The van der Waals surface area contributed by atoms with E-state index < -0.39 is 0 Å². The van der Waals surface area contributed by atoms with Gasteiger partial charge < -0.3 is 23.7 Å². The molecule has 1 heterocycles. The van der Waals surface area contributed by atoms with Crippen LogP contribution < -0.4 is 23.7 Å². The highest BCUT2D eigenvalue weighted by molar-refractivity contribution is 6.17. The Morgan fingerprint density at radius 1 is 0.880 bits per heavy atom. The maximum absolute atomic E-state index is 12.8. The Hall–Kier alpha value is -3.15. The maximum atomic E-state index is 12.8. The van der Waals surface area contributed by atoms with E-state index in [-0.39, 0.29) is 11.5 Å². The molecule has 0 amide bonds. The minimum atomic E-state index is -0.274. The van der Waals surface area contributed by atoms with Crippen LogP contribution in [0, 0.1) is 0 Å². The van der Waals surface area contributed by atoms with Crippen molar-refractivity contribution in [3.8, 4) is 28.7 Å². The van der Waals surface area contributed by atoms with Crippen LogP contribution in [-0.2, 0) is 0 Å². The van der Waals surface area contributed by atoms with Gasteiger partial charge in [0.05, 0.1) is 28.4 Å². The van der Waals surface area contributed by atoms with Gasteiger partial charge in [0, 0.05) is 6.07 Å². The molecule has 0 aromatic heterocycles. The molecule has 2 aromatic rings. The van der Waals surface area contributed by atoms with Gasteiger partial charge in [-0.2, -0.15) is 0 Å². The first-order valence-electron chi connectivity index (χ1n) is 7.54. The lowest BCUT2D eigenvalue weighted by atomic mass is 10.1. The number of carbonyl (C=O) groups excluding carboxylic acids is 1. The van der Waals surface area contributed by atoms with Crippen LogP contribution in [0.5, 0.6) is 28.7 Å². The molecule has 6 heteroatoms. The summed E-state index contributed by atoms with van der Waals surface area (Å²) in [6.45, 7) is 0. The van der Waals surface area contributed by atoms with E-state index in [1.807, 2.05) is 24.3 Å². The van der Waals surface area contributed by atoms with Gasteiger partial charge in [-0.1, -0.05) is 12.1 Å². The average molecular weight is 342 g/mol. The van der Waals surface area contributed by atoms with Gasteiger partial charge in [-0.15, -0.1) is 0 Å². The summed E-state index contributed by atoms with van der Waals surface area (Å²) in [6, 6.07) is 8.89. The number of benzene rings is 2. The fourth-order valence-electron chi connectivity index (χ4n) is 2.64. The molecule has 0 bridgehead atoms. The third kappa shape index (κ3) is 2.87. The molecule has 6 nitrogen and oxygen atoms in total. The second kappa shape index (κ2) is 6.76. The molecule has 25 heavy (non-hydrogen) atoms. The lowest BCUT2D eigenvalue weighted by molar-refractivity contribution is 0.101. The van der Waals surface area contributed by atoms with Gasteiger partial charge in [0.25, 0.3) is 0 Å². The molecule has 1 aliphatic heterocycles. The molecule has 0 atom stereocenters. The molecule has 130 valence electrons. The van der Waals surface area contributed by atoms with E-state index in [1.165, 1.54) is 21.3 Å². The molecule has 0 unspecified atom stereocenters. The van der Waals surface area contributed by atoms with Crippen LogP contribution >= 0.6 is 0 Å². The number of hydrogen-bond acceptors (Lipinski definition) is 6. The van der Waals surface area contributed by atoms with E-state index >= 15 is 0 Å². The van der Waals surface area contributed by atoms with Crippen molar-refractivity contribution in [2.45, 2.75) is 0 Å². The second-order valence-electron chi connectivity index (χ2n) is 5.23. The molecular weight excluding hydrogens is 324 g/mol. The number of fused-ring (bicyclic) bond motifs is 1. The third-order valence-corrected chi connectivity index (χ3v) is 3.89. The highest BCUT2D eigenvalue weighted by Gasteiger charge is 2.36. The van der Waals surface area contributed by atoms with Crippen molar-refractivity contribution < 1.29 is 28.5 Å². The van der Waals surface area contributed by atoms with E-state index in [0.29, 0.717) is 28.6 Å². The molecule has 0 spiro atoms. The standard InChI is InChI=1S/C19H18O6/c1-21-12-7-5-11(6-8-12)9-14-17(20)16-13(22-2)10-15(23-3)18(24-4)19(16)25-14/h5-10H,1-4H3. The Labute approximate surface area is 145 Å². The first kappa shape index (κ1) is 16.7. The summed E-state index contributed by atoms with van der Waals surface area (Å²) in [5, 5.41) is 0. The summed E-state index contributed by atoms with van der Waals surface area (Å²) in [6.07, 6.45) is 1.66. The molecule has 0 saturated carbocycles. The van der Waals surface area contributed by atoms with Crippen molar-refractivity contribution >= 4 is 11.9 Å². The first-order valence-corrected chi connectivity index (χ1v) is 7.54. The number of rotatable bonds is 5. The quantitative estimate of drug-likeness (QED) is 0.777. The monoisotopic (exact) mass is 342 g/mol. The highest BCUT2D eigenvalue weighted by Crippen LogP contribution is 2.50. The fourth-order valence-corrected chi connectivity index (χ4v) is 2.64. The summed E-state index contributed by atoms with van der Waals surface area (Å²) >= 11 is 0. The van der Waals surface area contributed by atoms with E-state index in [0.717, 1.165) is 11.3 Å². The van der Waals surface area contributed by atoms with Gasteiger partial charge in [-0.05, 0) is 23.8 Å². The lowest BCUT2D eigenvalue weighted by Gasteiger charge is -2.13. The molecule has 3 rings (SSSR count). The van der Waals surface area contributed by atoms with Gasteiger partial charge >= 0.3 is 0 Å². The van der Waals surface area contributed by atoms with Gasteiger partial charge in [0.2, 0.25) is 11.5 Å². The molecule has 0 N–H and O–H groups in total. The number of hydrogen-bond donors (Lipinski definition) is 0. The molecule has 2 aromatic carbocycles. The fraction of sp³-hybridized carbons (Fsp3) is 0.211. The van der Waals surface area contributed by atoms with E-state index in [2.05, 4.69) is 0 Å². The van der Waals surface area contributed by atoms with Crippen molar-refractivity contribution in [3.05, 3.63) is 47.2 Å². The van der Waals surface area contributed by atoms with Crippen LogP contribution in [0.1, 0.15) is 15.9 Å². The largest absolute Gasteiger partial charge is 0.497 e. The molecule has 0 radical (unpaired) electrons. The van der Waals surface area contributed by atoms with Gasteiger partial charge in [0.15, 0.2) is 17.3 Å². The van der Waals surface area contributed by atoms with Gasteiger partial charge in [0.1, 0.15) is 17.1 Å². The summed E-state index contributed by atoms with van der Waals surface area (Å²) in [4.78, 5) is 12.8. The van der Waals surface area contributed by atoms with Crippen molar-refractivity contribution in [2.75, 3.05) is 28.4 Å². The van der Waals surface area contributed by atoms with Crippen LogP contribution in [0.15, 0.2) is 36.1 Å². The second-order valence-corrected chi connectivity index (χ2v) is 5.23. The predicted octanol–water partition coefficient (Wildman–Crippen LogP) is 3.34. The Morgan fingerprint density at radius 2 is 1.56 bits per heavy atom. The number of methoxy groups -OCH3 is 4. The van der Waals surface area contributed by atoms with E-state index in [1.54, 1.807) is 19.3 Å². The molecule has 0 fully saturated rings. The minimum Gasteiger partial charge on any atom is -0.497 e. The van der Waals surface area contributed by atoms with Crippen molar-refractivity contribution in [1.82, 2.24) is 0 Å². The zero-order valence-electron chi connectivity index (χ0n) is 14.4. The number of Topliss-reactive ketones (excluding diaryl/α,β-unsaturated/α-hetero) is 1. The number of carbonyl (C=O) groups is 1. The normalized spacial score (nSPS) is 14.1. The predicted molar refractivity (Wildman–Crippen MR) is 92.0 cm³/mol. The van der Waals surface area contributed by atoms with Crippen molar-refractivity contribution in [1.29, 1.82) is 0 Å². The van der Waals surface area contributed by atoms with E-state index in [9.17, 15) is 4.79 Å². The van der Waals surface area contributed by atoms with Crippen LogP contribution in [0.25, 0.3) is 6.08 Å². The first-order chi connectivity index (χ1) is 12.1. The maximum Gasteiger partial charge on any atom is 0.235 e. The molecule has 1 aliphatic rings.